The topological polar surface area (TPSA) is 69.6 Å². The Kier molecular flexibility index (Phi) is 5.64. The number of aliphatic carboxylic acids is 1. The van der Waals surface area contributed by atoms with Gasteiger partial charge in [-0.2, -0.15) is 0 Å². The fourth-order valence-electron chi connectivity index (χ4n) is 1.84. The molecule has 0 saturated carbocycles. The predicted molar refractivity (Wildman–Crippen MR) is 71.6 cm³/mol. The molecule has 0 saturated heterocycles. The molecule has 0 aromatic carbocycles. The maximum Gasteiger partial charge on any atom is 0.329 e. The predicted octanol–water partition coefficient (Wildman–Crippen LogP) is 2.32. The van der Waals surface area contributed by atoms with E-state index in [2.05, 4.69) is 5.32 Å². The van der Waals surface area contributed by atoms with E-state index in [4.69, 9.17) is 0 Å². The molecule has 18 heavy (non-hydrogen) atoms. The Hall–Kier alpha value is -1.26. The van der Waals surface area contributed by atoms with Crippen LogP contribution in [0.1, 0.15) is 47.5 Å². The summed E-state index contributed by atoms with van der Waals surface area (Å²) >= 11 is 0. The van der Waals surface area contributed by atoms with Crippen molar-refractivity contribution in [2.45, 2.75) is 53.0 Å². The maximum absolute atomic E-state index is 12.0. The maximum atomic E-state index is 12.0. The number of rotatable bonds is 5. The van der Waals surface area contributed by atoms with Gasteiger partial charge in [0.25, 0.3) is 0 Å². The lowest BCUT2D eigenvalue weighted by Gasteiger charge is -2.31. The largest absolute Gasteiger partial charge is 0.480 e. The summed E-state index contributed by atoms with van der Waals surface area (Å²) in [4.78, 5) is 24.7. The second-order valence-electron chi connectivity index (χ2n) is 6.23. The van der Waals surface area contributed by atoms with Crippen LogP contribution >= 0.6 is 0 Å². The molecule has 0 bridgehead atoms. The van der Waals surface area contributed by atoms with Gasteiger partial charge < -0.3 is 15.3 Å². The average molecular weight is 258 g/mol. The van der Waals surface area contributed by atoms with Crippen molar-refractivity contribution >= 4 is 12.0 Å². The zero-order chi connectivity index (χ0) is 14.6. The van der Waals surface area contributed by atoms with E-state index in [0.717, 1.165) is 0 Å². The molecule has 106 valence electrons. The number of hydrogen-bond acceptors (Lipinski definition) is 2. The standard InChI is InChI=1S/C13H26N2O3/c1-7-8-13(5,10(16)17)14-11(18)15(6)9-12(2,3)4/h7-9H2,1-6H3,(H,14,18)(H,16,17). The van der Waals surface area contributed by atoms with Crippen LogP contribution in [0.2, 0.25) is 0 Å². The first-order chi connectivity index (χ1) is 8.02. The van der Waals surface area contributed by atoms with Crippen molar-refractivity contribution in [1.29, 1.82) is 0 Å². The number of nitrogens with one attached hydrogen (secondary N) is 1. The highest BCUT2D eigenvalue weighted by Crippen LogP contribution is 2.16. The number of carbonyl (C=O) groups is 2. The molecule has 0 aromatic heterocycles. The fraction of sp³-hybridized carbons (Fsp3) is 0.846. The summed E-state index contributed by atoms with van der Waals surface area (Å²) in [7, 11) is 1.68. The highest BCUT2D eigenvalue weighted by atomic mass is 16.4. The van der Waals surface area contributed by atoms with Gasteiger partial charge in [0.2, 0.25) is 0 Å². The van der Waals surface area contributed by atoms with E-state index in [1.807, 2.05) is 27.7 Å². The molecule has 1 atom stereocenters. The van der Waals surface area contributed by atoms with Crippen LogP contribution in [0.5, 0.6) is 0 Å². The van der Waals surface area contributed by atoms with Crippen LogP contribution in [-0.2, 0) is 4.79 Å². The number of nitrogens with zero attached hydrogens (tertiary/aromatic N) is 1. The van der Waals surface area contributed by atoms with Crippen LogP contribution < -0.4 is 5.32 Å². The quantitative estimate of drug-likeness (QED) is 0.795. The SMILES string of the molecule is CCCC(C)(NC(=O)N(C)CC(C)(C)C)C(=O)O. The molecule has 0 aromatic rings. The van der Waals surface area contributed by atoms with Crippen molar-refractivity contribution in [3.63, 3.8) is 0 Å². The third-order valence-electron chi connectivity index (χ3n) is 2.66. The first-order valence-corrected chi connectivity index (χ1v) is 6.28. The molecule has 0 radical (unpaired) electrons. The lowest BCUT2D eigenvalue weighted by atomic mass is 9.95. The summed E-state index contributed by atoms with van der Waals surface area (Å²) in [5.74, 6) is -0.998. The molecule has 0 rings (SSSR count). The number of hydrogen-bond donors (Lipinski definition) is 2. The summed E-state index contributed by atoms with van der Waals surface area (Å²) in [6.07, 6.45) is 1.11. The minimum absolute atomic E-state index is 0.0174. The van der Waals surface area contributed by atoms with Crippen LogP contribution in [0.25, 0.3) is 0 Å². The van der Waals surface area contributed by atoms with Crippen molar-refractivity contribution in [3.8, 4) is 0 Å². The van der Waals surface area contributed by atoms with Gasteiger partial charge in [-0.25, -0.2) is 9.59 Å². The fourth-order valence-corrected chi connectivity index (χ4v) is 1.84. The van der Waals surface area contributed by atoms with E-state index in [1.165, 1.54) is 4.90 Å². The van der Waals surface area contributed by atoms with Gasteiger partial charge in [0.15, 0.2) is 0 Å². The third kappa shape index (κ3) is 5.38. The van der Waals surface area contributed by atoms with Crippen molar-refractivity contribution in [1.82, 2.24) is 10.2 Å². The Morgan fingerprint density at radius 3 is 2.06 bits per heavy atom. The Bertz CT molecular complexity index is 310. The highest BCUT2D eigenvalue weighted by Gasteiger charge is 2.35. The zero-order valence-corrected chi connectivity index (χ0v) is 12.3. The Morgan fingerprint density at radius 2 is 1.72 bits per heavy atom. The van der Waals surface area contributed by atoms with E-state index in [0.29, 0.717) is 19.4 Å². The van der Waals surface area contributed by atoms with Crippen LogP contribution in [0, 0.1) is 5.41 Å². The van der Waals surface area contributed by atoms with Gasteiger partial charge in [0.05, 0.1) is 0 Å². The molecule has 0 aliphatic carbocycles. The Labute approximate surface area is 110 Å². The van der Waals surface area contributed by atoms with E-state index < -0.39 is 11.5 Å². The van der Waals surface area contributed by atoms with E-state index >= 15 is 0 Å². The molecule has 5 nitrogen and oxygen atoms in total. The first kappa shape index (κ1) is 16.7. The van der Waals surface area contributed by atoms with Crippen molar-refractivity contribution in [2.75, 3.05) is 13.6 Å². The molecular formula is C13H26N2O3. The van der Waals surface area contributed by atoms with Crippen LogP contribution in [0.3, 0.4) is 0 Å². The smallest absolute Gasteiger partial charge is 0.329 e. The van der Waals surface area contributed by atoms with Gasteiger partial charge in [-0.15, -0.1) is 0 Å². The summed E-state index contributed by atoms with van der Waals surface area (Å²) in [5, 5.41) is 11.8. The number of carboxylic acid groups (broad SMARTS) is 1. The van der Waals surface area contributed by atoms with Crippen LogP contribution in [0.15, 0.2) is 0 Å². The molecule has 1 unspecified atom stereocenters. The van der Waals surface area contributed by atoms with Crippen LogP contribution in [-0.4, -0.2) is 41.1 Å². The van der Waals surface area contributed by atoms with Crippen molar-refractivity contribution in [3.05, 3.63) is 0 Å². The van der Waals surface area contributed by atoms with Gasteiger partial charge >= 0.3 is 12.0 Å². The summed E-state index contributed by atoms with van der Waals surface area (Å²) in [6, 6.07) is -0.344. The lowest BCUT2D eigenvalue weighted by molar-refractivity contribution is -0.144. The van der Waals surface area contributed by atoms with Crippen molar-refractivity contribution in [2.24, 2.45) is 5.41 Å². The van der Waals surface area contributed by atoms with E-state index in [9.17, 15) is 14.7 Å². The van der Waals surface area contributed by atoms with Gasteiger partial charge in [-0.1, -0.05) is 34.1 Å². The Balaban J connectivity index is 4.66. The summed E-state index contributed by atoms with van der Waals surface area (Å²) in [5.41, 5.74) is -1.21. The molecular weight excluding hydrogens is 232 g/mol. The van der Waals surface area contributed by atoms with E-state index in [-0.39, 0.29) is 11.4 Å². The molecule has 0 aliphatic heterocycles. The van der Waals surface area contributed by atoms with E-state index in [1.54, 1.807) is 14.0 Å². The van der Waals surface area contributed by atoms with Gasteiger partial charge in [-0.05, 0) is 18.8 Å². The molecule has 0 aliphatic rings. The third-order valence-corrected chi connectivity index (χ3v) is 2.66. The second-order valence-corrected chi connectivity index (χ2v) is 6.23. The number of carboxylic acids is 1. The molecule has 0 spiro atoms. The highest BCUT2D eigenvalue weighted by molar-refractivity contribution is 5.85. The molecule has 0 fully saturated rings. The minimum Gasteiger partial charge on any atom is -0.480 e. The van der Waals surface area contributed by atoms with Crippen molar-refractivity contribution < 1.29 is 14.7 Å². The average Bonchev–Trinajstić information content (AvgIpc) is 2.14. The monoisotopic (exact) mass is 258 g/mol. The normalized spacial score (nSPS) is 14.8. The molecule has 2 amide bonds. The second kappa shape index (κ2) is 6.07. The lowest BCUT2D eigenvalue weighted by Crippen LogP contribution is -2.56. The first-order valence-electron chi connectivity index (χ1n) is 6.28. The summed E-state index contributed by atoms with van der Waals surface area (Å²) in [6.45, 7) is 10.1. The zero-order valence-electron chi connectivity index (χ0n) is 12.3. The molecule has 0 heterocycles. The number of amides is 2. The van der Waals surface area contributed by atoms with Gasteiger partial charge in [0.1, 0.15) is 5.54 Å². The van der Waals surface area contributed by atoms with Gasteiger partial charge in [0, 0.05) is 13.6 Å². The molecule has 2 N–H and O–H groups in total. The summed E-state index contributed by atoms with van der Waals surface area (Å²) < 4.78 is 0. The number of carbonyl (C=O) groups excluding carboxylic acids is 1. The Morgan fingerprint density at radius 1 is 1.22 bits per heavy atom. The molecule has 5 heteroatoms. The van der Waals surface area contributed by atoms with Crippen LogP contribution in [0.4, 0.5) is 4.79 Å². The van der Waals surface area contributed by atoms with Gasteiger partial charge in [-0.3, -0.25) is 0 Å². The number of urea groups is 1. The minimum atomic E-state index is -1.20.